The number of hydrogen-bond acceptors (Lipinski definition) is 7. The average Bonchev–Trinajstić information content (AvgIpc) is 3.17. The first kappa shape index (κ1) is 15.1. The van der Waals surface area contributed by atoms with Crippen LogP contribution in [0.5, 0.6) is 0 Å². The lowest BCUT2D eigenvalue weighted by molar-refractivity contribution is -0.132. The molecule has 0 aromatic carbocycles. The Kier molecular flexibility index (Phi) is 4.23. The molecule has 3 rings (SSSR count). The number of carbonyl (C=O) groups is 2. The summed E-state index contributed by atoms with van der Waals surface area (Å²) in [6, 6.07) is 0. The van der Waals surface area contributed by atoms with Gasteiger partial charge in [0.25, 0.3) is 5.91 Å². The molecule has 1 aromatic heterocycles. The molecule has 3 N–H and O–H groups in total. The third-order valence-corrected chi connectivity index (χ3v) is 4.53. The van der Waals surface area contributed by atoms with Crippen molar-refractivity contribution in [2.24, 2.45) is 0 Å². The average molecular weight is 342 g/mol. The molecule has 0 radical (unpaired) electrons. The van der Waals surface area contributed by atoms with Gasteiger partial charge in [-0.3, -0.25) is 9.89 Å². The summed E-state index contributed by atoms with van der Waals surface area (Å²) in [5.41, 5.74) is 0.0763. The second-order valence-corrected chi connectivity index (χ2v) is 6.69. The van der Waals surface area contributed by atoms with E-state index in [1.807, 2.05) is 0 Å². The molecule has 2 aliphatic rings. The van der Waals surface area contributed by atoms with E-state index in [1.165, 1.54) is 4.90 Å². The van der Waals surface area contributed by atoms with Crippen LogP contribution in [0, 0.1) is 3.95 Å². The summed E-state index contributed by atoms with van der Waals surface area (Å²) >= 11 is 6.06. The Bertz CT molecular complexity index is 689. The monoisotopic (exact) mass is 342 g/mol. The molecule has 8 nitrogen and oxygen atoms in total. The summed E-state index contributed by atoms with van der Waals surface area (Å²) in [6.07, 6.45) is 1.83. The molecule has 0 spiro atoms. The maximum atomic E-state index is 12.4. The van der Waals surface area contributed by atoms with Gasteiger partial charge in [0, 0.05) is 13.2 Å². The van der Waals surface area contributed by atoms with Crippen molar-refractivity contribution < 1.29 is 19.4 Å². The third kappa shape index (κ3) is 3.03. The second-order valence-electron chi connectivity index (χ2n) is 5.02. The second kappa shape index (κ2) is 6.15. The first-order valence-corrected chi connectivity index (χ1v) is 7.97. The van der Waals surface area contributed by atoms with Gasteiger partial charge in [0.05, 0.1) is 18.2 Å². The highest BCUT2D eigenvalue weighted by molar-refractivity contribution is 7.73. The molecule has 0 bridgehead atoms. The Balaban J connectivity index is 1.77. The van der Waals surface area contributed by atoms with E-state index in [2.05, 4.69) is 15.5 Å². The first-order valence-electron chi connectivity index (χ1n) is 6.74. The van der Waals surface area contributed by atoms with Gasteiger partial charge in [0.2, 0.25) is 5.13 Å². The number of anilines is 1. The molecule has 3 heterocycles. The predicted molar refractivity (Wildman–Crippen MR) is 81.1 cm³/mol. The smallest absolute Gasteiger partial charge is 0.335 e. The molecule has 1 atom stereocenters. The highest BCUT2D eigenvalue weighted by Gasteiger charge is 2.36. The number of amides is 1. The van der Waals surface area contributed by atoms with E-state index in [1.54, 1.807) is 0 Å². The lowest BCUT2D eigenvalue weighted by atomic mass is 10.2. The van der Waals surface area contributed by atoms with Gasteiger partial charge >= 0.3 is 5.97 Å². The van der Waals surface area contributed by atoms with Gasteiger partial charge in [0.15, 0.2) is 3.95 Å². The molecule has 22 heavy (non-hydrogen) atoms. The lowest BCUT2D eigenvalue weighted by Gasteiger charge is -2.20. The molecule has 10 heteroatoms. The van der Waals surface area contributed by atoms with Crippen LogP contribution in [0.4, 0.5) is 5.13 Å². The Morgan fingerprint density at radius 1 is 1.64 bits per heavy atom. The molecule has 0 unspecified atom stereocenters. The van der Waals surface area contributed by atoms with Gasteiger partial charge in [-0.2, -0.15) is 0 Å². The minimum Gasteiger partial charge on any atom is -0.478 e. The van der Waals surface area contributed by atoms with Crippen molar-refractivity contribution >= 4 is 40.6 Å². The number of aliphatic carboxylic acids is 1. The quantitative estimate of drug-likeness (QED) is 0.684. The van der Waals surface area contributed by atoms with E-state index in [0.717, 1.165) is 24.2 Å². The van der Waals surface area contributed by atoms with Crippen molar-refractivity contribution in [3.05, 3.63) is 15.2 Å². The molecule has 1 aromatic rings. The zero-order valence-corrected chi connectivity index (χ0v) is 13.1. The van der Waals surface area contributed by atoms with Crippen LogP contribution in [0.25, 0.3) is 0 Å². The molecule has 1 saturated heterocycles. The summed E-state index contributed by atoms with van der Waals surface area (Å²) in [4.78, 5) is 25.3. The van der Waals surface area contributed by atoms with Crippen LogP contribution in [0.1, 0.15) is 12.8 Å². The summed E-state index contributed by atoms with van der Waals surface area (Å²) in [6.45, 7) is 1.15. The van der Waals surface area contributed by atoms with Gasteiger partial charge in [-0.1, -0.05) is 11.3 Å². The minimum absolute atomic E-state index is 0.0224. The highest BCUT2D eigenvalue weighted by Crippen LogP contribution is 2.25. The Morgan fingerprint density at radius 3 is 3.05 bits per heavy atom. The fourth-order valence-corrected chi connectivity index (χ4v) is 3.30. The zero-order valence-electron chi connectivity index (χ0n) is 11.5. The van der Waals surface area contributed by atoms with Crippen LogP contribution in [0.2, 0.25) is 0 Å². The summed E-state index contributed by atoms with van der Waals surface area (Å²) < 4.78 is 5.95. The molecule has 2 aliphatic heterocycles. The number of H-pyrrole nitrogens is 1. The van der Waals surface area contributed by atoms with E-state index in [-0.39, 0.29) is 29.8 Å². The maximum Gasteiger partial charge on any atom is 0.335 e. The van der Waals surface area contributed by atoms with E-state index >= 15 is 0 Å². The summed E-state index contributed by atoms with van der Waals surface area (Å²) in [5, 5.41) is 18.9. The molecule has 0 aliphatic carbocycles. The number of nitrogens with one attached hydrogen (secondary N) is 2. The Hall–Kier alpha value is -1.78. The molecular formula is C12H14N4O4S2. The standard InChI is InChI=1S/C12H14N4O4S2/c17-9-8(13-11-14-15-12(21)22-11)7(10(18)19)5-16(9)4-6-2-1-3-20-6/h6H,1-5H2,(H,13,14)(H,15,21)(H,18,19)/t6-/m0/s1. The van der Waals surface area contributed by atoms with Crippen LogP contribution in [-0.4, -0.2) is 57.9 Å². The first-order chi connectivity index (χ1) is 10.5. The summed E-state index contributed by atoms with van der Waals surface area (Å²) in [5.74, 6) is -1.47. The van der Waals surface area contributed by atoms with Crippen LogP contribution in [0.15, 0.2) is 11.3 Å². The van der Waals surface area contributed by atoms with Crippen molar-refractivity contribution in [2.75, 3.05) is 25.0 Å². The largest absolute Gasteiger partial charge is 0.478 e. The van der Waals surface area contributed by atoms with Crippen LogP contribution >= 0.6 is 23.6 Å². The number of aromatic amines is 1. The molecule has 1 amide bonds. The number of carbonyl (C=O) groups excluding carboxylic acids is 1. The fourth-order valence-electron chi connectivity index (χ4n) is 2.50. The van der Waals surface area contributed by atoms with Gasteiger partial charge in [-0.15, -0.1) is 5.10 Å². The third-order valence-electron chi connectivity index (χ3n) is 3.53. The topological polar surface area (TPSA) is 108 Å². The van der Waals surface area contributed by atoms with Crippen LogP contribution < -0.4 is 5.32 Å². The molecule has 118 valence electrons. The molecule has 1 fully saturated rings. The lowest BCUT2D eigenvalue weighted by Crippen LogP contribution is -2.35. The van der Waals surface area contributed by atoms with Crippen molar-refractivity contribution in [2.45, 2.75) is 18.9 Å². The maximum absolute atomic E-state index is 12.4. The number of rotatable bonds is 5. The number of aromatic nitrogens is 2. The van der Waals surface area contributed by atoms with E-state index in [4.69, 9.17) is 17.0 Å². The van der Waals surface area contributed by atoms with E-state index in [9.17, 15) is 14.7 Å². The zero-order chi connectivity index (χ0) is 15.7. The van der Waals surface area contributed by atoms with Gasteiger partial charge in [-0.25, -0.2) is 4.79 Å². The van der Waals surface area contributed by atoms with Crippen molar-refractivity contribution in [3.63, 3.8) is 0 Å². The van der Waals surface area contributed by atoms with Crippen molar-refractivity contribution in [1.29, 1.82) is 0 Å². The number of hydrogen-bond donors (Lipinski definition) is 3. The van der Waals surface area contributed by atoms with E-state index < -0.39 is 5.97 Å². The van der Waals surface area contributed by atoms with Gasteiger partial charge < -0.3 is 20.1 Å². The fraction of sp³-hybridized carbons (Fsp3) is 0.500. The van der Waals surface area contributed by atoms with Crippen LogP contribution in [0.3, 0.4) is 0 Å². The molecule has 0 saturated carbocycles. The van der Waals surface area contributed by atoms with Crippen LogP contribution in [-0.2, 0) is 14.3 Å². The SMILES string of the molecule is O=C(O)C1=C(Nc2n[nH]c(=S)s2)C(=O)N(C[C@@H]2CCCO2)C1. The predicted octanol–water partition coefficient (Wildman–Crippen LogP) is 0.972. The normalized spacial score (nSPS) is 21.7. The Morgan fingerprint density at radius 2 is 2.45 bits per heavy atom. The number of carboxylic acids is 1. The number of nitrogens with zero attached hydrogens (tertiary/aromatic N) is 2. The minimum atomic E-state index is -1.12. The van der Waals surface area contributed by atoms with Gasteiger partial charge in [-0.05, 0) is 25.1 Å². The Labute approximate surface area is 134 Å². The number of ether oxygens (including phenoxy) is 1. The summed E-state index contributed by atoms with van der Waals surface area (Å²) in [7, 11) is 0. The molecular weight excluding hydrogens is 328 g/mol. The number of carboxylic acid groups (broad SMARTS) is 1. The van der Waals surface area contributed by atoms with Crippen molar-refractivity contribution in [1.82, 2.24) is 15.1 Å². The van der Waals surface area contributed by atoms with E-state index in [0.29, 0.717) is 22.2 Å². The van der Waals surface area contributed by atoms with Gasteiger partial charge in [0.1, 0.15) is 5.70 Å². The highest BCUT2D eigenvalue weighted by atomic mass is 32.1. The van der Waals surface area contributed by atoms with Crippen molar-refractivity contribution in [3.8, 4) is 0 Å².